The molecule has 0 radical (unpaired) electrons. The van der Waals surface area contributed by atoms with E-state index in [9.17, 15) is 0 Å². The highest BCUT2D eigenvalue weighted by atomic mass is 16.7. The Morgan fingerprint density at radius 3 is 2.17 bits per heavy atom. The molecule has 1 saturated heterocycles. The summed E-state index contributed by atoms with van der Waals surface area (Å²) in [6.45, 7) is 2.79. The van der Waals surface area contributed by atoms with Gasteiger partial charge >= 0.3 is 0 Å². The molecule has 0 bridgehead atoms. The van der Waals surface area contributed by atoms with Crippen LogP contribution in [0.5, 0.6) is 0 Å². The molecule has 23 heavy (non-hydrogen) atoms. The van der Waals surface area contributed by atoms with Crippen molar-refractivity contribution in [2.45, 2.75) is 19.0 Å². The summed E-state index contributed by atoms with van der Waals surface area (Å²) in [5.41, 5.74) is 2.21. The molecule has 2 aromatic rings. The van der Waals surface area contributed by atoms with Crippen molar-refractivity contribution < 1.29 is 18.9 Å². The first-order valence-corrected chi connectivity index (χ1v) is 7.93. The minimum atomic E-state index is -0.287. The summed E-state index contributed by atoms with van der Waals surface area (Å²) in [6, 6.07) is 20.1. The molecule has 3 rings (SSSR count). The van der Waals surface area contributed by atoms with Crippen LogP contribution < -0.4 is 0 Å². The molecule has 0 aromatic heterocycles. The van der Waals surface area contributed by atoms with Crippen LogP contribution in [0.4, 0.5) is 0 Å². The maximum Gasteiger partial charge on any atom is 0.184 e. The average Bonchev–Trinajstić information content (AvgIpc) is 2.64. The Kier molecular flexibility index (Phi) is 6.17. The SMILES string of the molecule is c1ccc(COCCOC2COC(c3ccccc3)OC2)cc1. The maximum atomic E-state index is 5.73. The van der Waals surface area contributed by atoms with Crippen LogP contribution in [0.3, 0.4) is 0 Å². The third kappa shape index (κ3) is 5.15. The Morgan fingerprint density at radius 1 is 0.826 bits per heavy atom. The summed E-state index contributed by atoms with van der Waals surface area (Å²) >= 11 is 0. The fraction of sp³-hybridized carbons (Fsp3) is 0.368. The van der Waals surface area contributed by atoms with Crippen LogP contribution in [0.15, 0.2) is 60.7 Å². The molecular weight excluding hydrogens is 292 g/mol. The monoisotopic (exact) mass is 314 g/mol. The van der Waals surface area contributed by atoms with Crippen molar-refractivity contribution in [1.82, 2.24) is 0 Å². The van der Waals surface area contributed by atoms with Gasteiger partial charge in [-0.15, -0.1) is 0 Å². The predicted octanol–water partition coefficient (Wildman–Crippen LogP) is 3.33. The Bertz CT molecular complexity index is 550. The van der Waals surface area contributed by atoms with E-state index in [1.165, 1.54) is 5.56 Å². The summed E-state index contributed by atoms with van der Waals surface area (Å²) < 4.78 is 22.8. The quantitative estimate of drug-likeness (QED) is 0.735. The highest BCUT2D eigenvalue weighted by Gasteiger charge is 2.23. The molecule has 0 saturated carbocycles. The largest absolute Gasteiger partial charge is 0.374 e. The summed E-state index contributed by atoms with van der Waals surface area (Å²) in [5.74, 6) is 0. The molecule has 0 spiro atoms. The molecule has 1 fully saturated rings. The van der Waals surface area contributed by atoms with Crippen molar-refractivity contribution in [3.63, 3.8) is 0 Å². The van der Waals surface area contributed by atoms with E-state index >= 15 is 0 Å². The van der Waals surface area contributed by atoms with E-state index in [-0.39, 0.29) is 12.4 Å². The van der Waals surface area contributed by atoms with E-state index in [1.54, 1.807) is 0 Å². The highest BCUT2D eigenvalue weighted by Crippen LogP contribution is 2.23. The van der Waals surface area contributed by atoms with Crippen molar-refractivity contribution in [3.8, 4) is 0 Å². The number of ether oxygens (including phenoxy) is 4. The normalized spacial score (nSPS) is 21.2. The lowest BCUT2D eigenvalue weighted by atomic mass is 10.2. The minimum Gasteiger partial charge on any atom is -0.374 e. The molecule has 0 unspecified atom stereocenters. The maximum absolute atomic E-state index is 5.73. The molecule has 1 heterocycles. The van der Waals surface area contributed by atoms with Crippen molar-refractivity contribution in [2.75, 3.05) is 26.4 Å². The molecule has 4 heteroatoms. The topological polar surface area (TPSA) is 36.9 Å². The highest BCUT2D eigenvalue weighted by molar-refractivity contribution is 5.16. The number of hydrogen-bond donors (Lipinski definition) is 0. The van der Waals surface area contributed by atoms with Crippen LogP contribution in [0.1, 0.15) is 17.4 Å². The van der Waals surface area contributed by atoms with Crippen LogP contribution in [0.2, 0.25) is 0 Å². The van der Waals surface area contributed by atoms with Crippen molar-refractivity contribution in [3.05, 3.63) is 71.8 Å². The lowest BCUT2D eigenvalue weighted by Crippen LogP contribution is -2.34. The van der Waals surface area contributed by atoms with E-state index in [4.69, 9.17) is 18.9 Å². The van der Waals surface area contributed by atoms with Gasteiger partial charge < -0.3 is 18.9 Å². The molecule has 122 valence electrons. The van der Waals surface area contributed by atoms with Crippen LogP contribution in [-0.2, 0) is 25.6 Å². The number of rotatable bonds is 7. The van der Waals surface area contributed by atoms with E-state index in [0.29, 0.717) is 33.0 Å². The molecule has 0 N–H and O–H groups in total. The van der Waals surface area contributed by atoms with Gasteiger partial charge in [-0.3, -0.25) is 0 Å². The number of hydrogen-bond acceptors (Lipinski definition) is 4. The third-order valence-electron chi connectivity index (χ3n) is 3.63. The second-order valence-electron chi connectivity index (χ2n) is 5.44. The van der Waals surface area contributed by atoms with Gasteiger partial charge in [-0.25, -0.2) is 0 Å². The van der Waals surface area contributed by atoms with Crippen LogP contribution in [-0.4, -0.2) is 32.5 Å². The van der Waals surface area contributed by atoms with Gasteiger partial charge in [0.15, 0.2) is 6.29 Å². The standard InChI is InChI=1S/C19H22O4/c1-3-7-16(8-4-1)13-20-11-12-21-18-14-22-19(23-15-18)17-9-5-2-6-10-17/h1-10,18-19H,11-15H2. The number of benzene rings is 2. The molecule has 1 aliphatic heterocycles. The Morgan fingerprint density at radius 2 is 1.48 bits per heavy atom. The Balaban J connectivity index is 1.29. The predicted molar refractivity (Wildman–Crippen MR) is 86.9 cm³/mol. The van der Waals surface area contributed by atoms with Crippen molar-refractivity contribution in [1.29, 1.82) is 0 Å². The molecule has 1 aliphatic rings. The first kappa shape index (κ1) is 16.1. The fourth-order valence-corrected chi connectivity index (χ4v) is 2.42. The van der Waals surface area contributed by atoms with E-state index in [2.05, 4.69) is 0 Å². The Labute approximate surface area is 136 Å². The Hall–Kier alpha value is -1.72. The van der Waals surface area contributed by atoms with Crippen molar-refractivity contribution >= 4 is 0 Å². The first-order valence-electron chi connectivity index (χ1n) is 7.93. The second kappa shape index (κ2) is 8.79. The van der Waals surface area contributed by atoms with Crippen LogP contribution in [0, 0.1) is 0 Å². The lowest BCUT2D eigenvalue weighted by molar-refractivity contribution is -0.232. The van der Waals surface area contributed by atoms with Crippen molar-refractivity contribution in [2.24, 2.45) is 0 Å². The van der Waals surface area contributed by atoms with Gasteiger partial charge in [-0.1, -0.05) is 60.7 Å². The second-order valence-corrected chi connectivity index (χ2v) is 5.44. The van der Waals surface area contributed by atoms with Gasteiger partial charge in [-0.2, -0.15) is 0 Å². The van der Waals surface area contributed by atoms with Gasteiger partial charge in [0, 0.05) is 5.56 Å². The molecule has 2 aromatic carbocycles. The molecule has 0 atom stereocenters. The molecule has 0 aliphatic carbocycles. The minimum absolute atomic E-state index is 0.0321. The zero-order chi connectivity index (χ0) is 15.7. The van der Waals surface area contributed by atoms with E-state index in [0.717, 1.165) is 5.56 Å². The van der Waals surface area contributed by atoms with E-state index < -0.39 is 0 Å². The summed E-state index contributed by atoms with van der Waals surface area (Å²) in [4.78, 5) is 0. The molecule has 4 nitrogen and oxygen atoms in total. The zero-order valence-corrected chi connectivity index (χ0v) is 13.1. The van der Waals surface area contributed by atoms with Crippen LogP contribution >= 0.6 is 0 Å². The van der Waals surface area contributed by atoms with Gasteiger partial charge in [0.2, 0.25) is 0 Å². The molecular formula is C19H22O4. The molecule has 0 amide bonds. The average molecular weight is 314 g/mol. The lowest BCUT2D eigenvalue weighted by Gasteiger charge is -2.29. The summed E-state index contributed by atoms with van der Waals surface area (Å²) in [5, 5.41) is 0. The third-order valence-corrected chi connectivity index (χ3v) is 3.63. The zero-order valence-electron chi connectivity index (χ0n) is 13.1. The smallest absolute Gasteiger partial charge is 0.184 e. The van der Waals surface area contributed by atoms with Gasteiger partial charge in [-0.05, 0) is 5.56 Å². The summed E-state index contributed by atoms with van der Waals surface area (Å²) in [7, 11) is 0. The van der Waals surface area contributed by atoms with Gasteiger partial charge in [0.25, 0.3) is 0 Å². The first-order chi connectivity index (χ1) is 11.4. The van der Waals surface area contributed by atoms with Crippen LogP contribution in [0.25, 0.3) is 0 Å². The van der Waals surface area contributed by atoms with Gasteiger partial charge in [0.1, 0.15) is 6.10 Å². The van der Waals surface area contributed by atoms with Gasteiger partial charge in [0.05, 0.1) is 33.0 Å². The van der Waals surface area contributed by atoms with E-state index in [1.807, 2.05) is 60.7 Å². The summed E-state index contributed by atoms with van der Waals surface area (Å²) in [6.07, 6.45) is -0.319. The fourth-order valence-electron chi connectivity index (χ4n) is 2.42.